The fraction of sp³-hybridized carbons (Fsp3) is 0.556. The average molecular weight is 302 g/mol. The van der Waals surface area contributed by atoms with Gasteiger partial charge in [-0.05, 0) is 31.9 Å². The Morgan fingerprint density at radius 3 is 2.36 bits per heavy atom. The maximum Gasteiger partial charge on any atom is 0.251 e. The zero-order valence-electron chi connectivity index (χ0n) is 14.0. The average Bonchev–Trinajstić information content (AvgIpc) is 2.46. The first-order valence-corrected chi connectivity index (χ1v) is 7.94. The molecule has 1 aliphatic rings. The van der Waals surface area contributed by atoms with Crippen LogP contribution in [0.2, 0.25) is 0 Å². The molecule has 1 aromatic rings. The summed E-state index contributed by atoms with van der Waals surface area (Å²) in [5.41, 5.74) is 1.45. The third-order valence-electron chi connectivity index (χ3n) is 4.04. The van der Waals surface area contributed by atoms with Crippen LogP contribution in [0.25, 0.3) is 0 Å². The molecule has 1 aliphatic heterocycles. The Morgan fingerprint density at radius 1 is 1.18 bits per heavy atom. The molecule has 1 N–H and O–H groups in total. The minimum absolute atomic E-state index is 0.0238. The number of hydrogen-bond acceptors (Lipinski definition) is 2. The lowest BCUT2D eigenvalue weighted by atomic mass is 9.93. The quantitative estimate of drug-likeness (QED) is 0.913. The molecule has 4 nitrogen and oxygen atoms in total. The topological polar surface area (TPSA) is 49.4 Å². The van der Waals surface area contributed by atoms with Crippen molar-refractivity contribution < 1.29 is 9.59 Å². The number of likely N-dealkylation sites (tertiary alicyclic amines) is 1. The van der Waals surface area contributed by atoms with Gasteiger partial charge in [-0.1, -0.05) is 38.5 Å². The van der Waals surface area contributed by atoms with Gasteiger partial charge in [-0.25, -0.2) is 0 Å². The van der Waals surface area contributed by atoms with Gasteiger partial charge in [0.1, 0.15) is 0 Å². The number of nitrogens with zero attached hydrogens (tertiary/aromatic N) is 1. The molecule has 22 heavy (non-hydrogen) atoms. The number of carbonyl (C=O) groups excluding carboxylic acids is 2. The summed E-state index contributed by atoms with van der Waals surface area (Å²) >= 11 is 0. The standard InChI is InChI=1S/C18H26N2O2/c1-13-6-5-7-14(12-13)16(21)19-15-8-10-20(11-9-15)17(22)18(2,3)4/h5-7,12,15H,8-11H2,1-4H3,(H,19,21). The van der Waals surface area contributed by atoms with Crippen LogP contribution in [0, 0.1) is 12.3 Å². The van der Waals surface area contributed by atoms with E-state index in [0.29, 0.717) is 5.56 Å². The summed E-state index contributed by atoms with van der Waals surface area (Å²) in [5.74, 6) is 0.167. The van der Waals surface area contributed by atoms with E-state index in [-0.39, 0.29) is 23.3 Å². The van der Waals surface area contributed by atoms with E-state index < -0.39 is 0 Å². The molecule has 0 spiro atoms. The Balaban J connectivity index is 1.88. The molecule has 0 saturated carbocycles. The zero-order chi connectivity index (χ0) is 16.3. The van der Waals surface area contributed by atoms with Gasteiger partial charge in [0.25, 0.3) is 5.91 Å². The van der Waals surface area contributed by atoms with Crippen molar-refractivity contribution in [3.05, 3.63) is 35.4 Å². The van der Waals surface area contributed by atoms with Gasteiger partial charge in [-0.2, -0.15) is 0 Å². The van der Waals surface area contributed by atoms with Crippen LogP contribution in [0.3, 0.4) is 0 Å². The number of benzene rings is 1. The molecule has 4 heteroatoms. The van der Waals surface area contributed by atoms with E-state index in [9.17, 15) is 9.59 Å². The maximum atomic E-state index is 12.2. The van der Waals surface area contributed by atoms with Crippen LogP contribution in [-0.2, 0) is 4.79 Å². The van der Waals surface area contributed by atoms with Crippen molar-refractivity contribution in [3.63, 3.8) is 0 Å². The van der Waals surface area contributed by atoms with Gasteiger partial charge in [0, 0.05) is 30.1 Å². The monoisotopic (exact) mass is 302 g/mol. The first kappa shape index (κ1) is 16.5. The van der Waals surface area contributed by atoms with Gasteiger partial charge in [-0.15, -0.1) is 0 Å². The lowest BCUT2D eigenvalue weighted by Crippen LogP contribution is -2.49. The second kappa shape index (κ2) is 6.51. The lowest BCUT2D eigenvalue weighted by Gasteiger charge is -2.36. The number of rotatable bonds is 2. The fourth-order valence-corrected chi connectivity index (χ4v) is 2.76. The molecular weight excluding hydrogens is 276 g/mol. The Morgan fingerprint density at radius 2 is 1.82 bits per heavy atom. The fourth-order valence-electron chi connectivity index (χ4n) is 2.76. The van der Waals surface area contributed by atoms with Gasteiger partial charge >= 0.3 is 0 Å². The van der Waals surface area contributed by atoms with Crippen molar-refractivity contribution in [2.24, 2.45) is 5.41 Å². The summed E-state index contributed by atoms with van der Waals surface area (Å²) in [6.45, 7) is 9.25. The number of aryl methyl sites for hydroxylation is 1. The molecule has 1 heterocycles. The summed E-state index contributed by atoms with van der Waals surface area (Å²) in [6.07, 6.45) is 1.64. The van der Waals surface area contributed by atoms with Crippen molar-refractivity contribution in [3.8, 4) is 0 Å². The second-order valence-electron chi connectivity index (χ2n) is 7.16. The zero-order valence-corrected chi connectivity index (χ0v) is 14.0. The van der Waals surface area contributed by atoms with E-state index in [1.165, 1.54) is 0 Å². The van der Waals surface area contributed by atoms with Crippen LogP contribution in [0.1, 0.15) is 49.5 Å². The SMILES string of the molecule is Cc1cccc(C(=O)NC2CCN(C(=O)C(C)(C)C)CC2)c1. The van der Waals surface area contributed by atoms with E-state index >= 15 is 0 Å². The predicted molar refractivity (Wildman–Crippen MR) is 87.7 cm³/mol. The highest BCUT2D eigenvalue weighted by Crippen LogP contribution is 2.21. The van der Waals surface area contributed by atoms with Gasteiger partial charge in [0.2, 0.25) is 5.91 Å². The van der Waals surface area contributed by atoms with Gasteiger partial charge in [-0.3, -0.25) is 9.59 Å². The summed E-state index contributed by atoms with van der Waals surface area (Å²) in [4.78, 5) is 26.4. The van der Waals surface area contributed by atoms with E-state index in [1.807, 2.05) is 56.9 Å². The van der Waals surface area contributed by atoms with Gasteiger partial charge in [0.15, 0.2) is 0 Å². The maximum absolute atomic E-state index is 12.2. The smallest absolute Gasteiger partial charge is 0.251 e. The number of nitrogens with one attached hydrogen (secondary N) is 1. The molecular formula is C18H26N2O2. The molecule has 2 rings (SSSR count). The van der Waals surface area contributed by atoms with Crippen molar-refractivity contribution in [1.29, 1.82) is 0 Å². The highest BCUT2D eigenvalue weighted by molar-refractivity contribution is 5.94. The Kier molecular flexibility index (Phi) is 4.89. The molecule has 0 unspecified atom stereocenters. The first-order valence-electron chi connectivity index (χ1n) is 7.94. The largest absolute Gasteiger partial charge is 0.349 e. The molecule has 0 aromatic heterocycles. The predicted octanol–water partition coefficient (Wildman–Crippen LogP) is 2.76. The molecule has 0 radical (unpaired) electrons. The van der Waals surface area contributed by atoms with Crippen molar-refractivity contribution >= 4 is 11.8 Å². The first-order chi connectivity index (χ1) is 10.3. The minimum atomic E-state index is -0.336. The normalized spacial score (nSPS) is 16.5. The number of carbonyl (C=O) groups is 2. The van der Waals surface area contributed by atoms with Crippen LogP contribution in [-0.4, -0.2) is 35.8 Å². The van der Waals surface area contributed by atoms with Crippen molar-refractivity contribution in [2.75, 3.05) is 13.1 Å². The highest BCUT2D eigenvalue weighted by Gasteiger charge is 2.30. The molecule has 0 aliphatic carbocycles. The summed E-state index contributed by atoms with van der Waals surface area (Å²) in [6, 6.07) is 7.76. The molecule has 0 atom stereocenters. The number of piperidine rings is 1. The van der Waals surface area contributed by atoms with E-state index in [2.05, 4.69) is 5.32 Å². The molecule has 0 bridgehead atoms. The van der Waals surface area contributed by atoms with E-state index in [1.54, 1.807) is 0 Å². The lowest BCUT2D eigenvalue weighted by molar-refractivity contribution is -0.140. The third kappa shape index (κ3) is 4.09. The van der Waals surface area contributed by atoms with Crippen LogP contribution < -0.4 is 5.32 Å². The highest BCUT2D eigenvalue weighted by atomic mass is 16.2. The van der Waals surface area contributed by atoms with Crippen LogP contribution >= 0.6 is 0 Å². The van der Waals surface area contributed by atoms with Crippen molar-refractivity contribution in [2.45, 2.75) is 46.6 Å². The summed E-state index contributed by atoms with van der Waals surface area (Å²) in [7, 11) is 0. The van der Waals surface area contributed by atoms with Crippen LogP contribution in [0.4, 0.5) is 0 Å². The van der Waals surface area contributed by atoms with E-state index in [0.717, 1.165) is 31.5 Å². The molecule has 1 aromatic carbocycles. The molecule has 120 valence electrons. The molecule has 2 amide bonds. The number of amides is 2. The van der Waals surface area contributed by atoms with Gasteiger partial charge in [0.05, 0.1) is 0 Å². The Labute approximate surface area is 132 Å². The van der Waals surface area contributed by atoms with Crippen molar-refractivity contribution in [1.82, 2.24) is 10.2 Å². The van der Waals surface area contributed by atoms with Gasteiger partial charge < -0.3 is 10.2 Å². The Bertz CT molecular complexity index is 552. The van der Waals surface area contributed by atoms with Crippen LogP contribution in [0.15, 0.2) is 24.3 Å². The third-order valence-corrected chi connectivity index (χ3v) is 4.04. The minimum Gasteiger partial charge on any atom is -0.349 e. The van der Waals surface area contributed by atoms with E-state index in [4.69, 9.17) is 0 Å². The summed E-state index contributed by atoms with van der Waals surface area (Å²) < 4.78 is 0. The second-order valence-corrected chi connectivity index (χ2v) is 7.16. The molecule has 1 fully saturated rings. The Hall–Kier alpha value is -1.84. The van der Waals surface area contributed by atoms with Crippen LogP contribution in [0.5, 0.6) is 0 Å². The number of hydrogen-bond donors (Lipinski definition) is 1. The summed E-state index contributed by atoms with van der Waals surface area (Å²) in [5, 5.41) is 3.08. The molecule has 1 saturated heterocycles.